The number of hydrogen-bond donors (Lipinski definition) is 3. The fourth-order valence-corrected chi connectivity index (χ4v) is 7.35. The number of halogens is 1. The van der Waals surface area contributed by atoms with Gasteiger partial charge in [0, 0.05) is 24.2 Å². The predicted octanol–water partition coefficient (Wildman–Crippen LogP) is 2.08. The minimum absolute atomic E-state index is 0.0627. The minimum Gasteiger partial charge on any atom is -0.388 e. The lowest BCUT2D eigenvalue weighted by Gasteiger charge is -2.62. The first-order valence-electron chi connectivity index (χ1n) is 10.0. The number of hydrogen-bond acceptors (Lipinski definition) is 5. The quantitative estimate of drug-likeness (QED) is 0.682. The molecule has 0 aromatic carbocycles. The Balaban J connectivity index is 1.79. The summed E-state index contributed by atoms with van der Waals surface area (Å²) < 4.78 is 15.9. The Bertz CT molecular complexity index is 730. The molecule has 7 atom stereocenters. The largest absolute Gasteiger partial charge is 0.388 e. The molecule has 150 valence electrons. The predicted molar refractivity (Wildman–Crippen MR) is 95.2 cm³/mol. The number of ketones is 2. The van der Waals surface area contributed by atoms with Gasteiger partial charge >= 0.3 is 0 Å². The summed E-state index contributed by atoms with van der Waals surface area (Å²) in [4.78, 5) is 24.2. The van der Waals surface area contributed by atoms with E-state index in [4.69, 9.17) is 0 Å². The molecule has 3 fully saturated rings. The Morgan fingerprint density at radius 1 is 1.22 bits per heavy atom. The molecule has 0 radical (unpaired) electrons. The molecule has 0 amide bonds. The first-order valence-corrected chi connectivity index (χ1v) is 10.0. The Kier molecular flexibility index (Phi) is 4.06. The van der Waals surface area contributed by atoms with E-state index in [2.05, 4.69) is 0 Å². The molecular weight excluding hydrogens is 351 g/mol. The highest BCUT2D eigenvalue weighted by Gasteiger charge is 2.72. The number of alkyl halides is 1. The van der Waals surface area contributed by atoms with Gasteiger partial charge in [-0.05, 0) is 55.4 Å². The lowest BCUT2D eigenvalue weighted by Crippen LogP contribution is -2.65. The molecule has 3 saturated carbocycles. The molecule has 27 heavy (non-hydrogen) atoms. The van der Waals surface area contributed by atoms with Crippen LogP contribution in [-0.4, -0.2) is 44.9 Å². The van der Waals surface area contributed by atoms with Gasteiger partial charge in [-0.15, -0.1) is 0 Å². The second kappa shape index (κ2) is 5.71. The Morgan fingerprint density at radius 2 is 1.93 bits per heavy atom. The topological polar surface area (TPSA) is 94.8 Å². The van der Waals surface area contributed by atoms with Gasteiger partial charge in [-0.2, -0.15) is 0 Å². The van der Waals surface area contributed by atoms with Crippen molar-refractivity contribution in [3.8, 4) is 0 Å². The van der Waals surface area contributed by atoms with Gasteiger partial charge in [0.25, 0.3) is 0 Å². The monoisotopic (exact) mass is 380 g/mol. The highest BCUT2D eigenvalue weighted by Crippen LogP contribution is 2.70. The smallest absolute Gasteiger partial charge is 0.211 e. The molecule has 0 spiro atoms. The summed E-state index contributed by atoms with van der Waals surface area (Å²) in [5, 5.41) is 31.4. The van der Waals surface area contributed by atoms with Gasteiger partial charge in [-0.1, -0.05) is 19.4 Å². The summed E-state index contributed by atoms with van der Waals surface area (Å²) >= 11 is 0. The van der Waals surface area contributed by atoms with Crippen LogP contribution in [0, 0.1) is 28.6 Å². The third-order valence-electron chi connectivity index (χ3n) is 8.61. The zero-order valence-corrected chi connectivity index (χ0v) is 16.0. The number of allylic oxidation sites excluding steroid dienone is 1. The maximum atomic E-state index is 15.9. The van der Waals surface area contributed by atoms with Crippen molar-refractivity contribution in [2.24, 2.45) is 28.6 Å². The molecule has 4 aliphatic rings. The molecule has 4 aliphatic carbocycles. The molecule has 3 N–H and O–H groups in total. The first-order chi connectivity index (χ1) is 12.5. The lowest BCUT2D eigenvalue weighted by atomic mass is 9.44. The summed E-state index contributed by atoms with van der Waals surface area (Å²) in [6.45, 7) is 2.86. The average molecular weight is 380 g/mol. The number of fused-ring (bicyclic) bond motifs is 5. The van der Waals surface area contributed by atoms with Crippen LogP contribution >= 0.6 is 0 Å². The van der Waals surface area contributed by atoms with Gasteiger partial charge in [0.15, 0.2) is 11.6 Å². The molecule has 6 heteroatoms. The number of carbonyl (C=O) groups excluding carboxylic acids is 2. The van der Waals surface area contributed by atoms with Gasteiger partial charge < -0.3 is 15.3 Å². The van der Waals surface area contributed by atoms with Gasteiger partial charge in [0.1, 0.15) is 12.2 Å². The van der Waals surface area contributed by atoms with E-state index in [0.29, 0.717) is 32.1 Å². The van der Waals surface area contributed by atoms with Crippen LogP contribution in [0.4, 0.5) is 4.39 Å². The maximum Gasteiger partial charge on any atom is 0.211 e. The molecule has 0 aromatic heterocycles. The summed E-state index contributed by atoms with van der Waals surface area (Å²) in [7, 11) is 0. The van der Waals surface area contributed by atoms with Crippen LogP contribution in [0.15, 0.2) is 11.6 Å². The van der Waals surface area contributed by atoms with E-state index < -0.39 is 40.6 Å². The van der Waals surface area contributed by atoms with Crippen molar-refractivity contribution < 1.29 is 29.3 Å². The van der Waals surface area contributed by atoms with Gasteiger partial charge in [-0.3, -0.25) is 9.59 Å². The van der Waals surface area contributed by atoms with Crippen LogP contribution < -0.4 is 0 Å². The second-order valence-corrected chi connectivity index (χ2v) is 9.73. The molecule has 4 rings (SSSR count). The fourth-order valence-electron chi connectivity index (χ4n) is 7.35. The number of rotatable bonds is 2. The van der Waals surface area contributed by atoms with Crippen LogP contribution in [0.2, 0.25) is 0 Å². The van der Waals surface area contributed by atoms with Gasteiger partial charge in [-0.25, -0.2) is 4.39 Å². The van der Waals surface area contributed by atoms with E-state index in [9.17, 15) is 24.9 Å². The molecular formula is C21H29FO5. The summed E-state index contributed by atoms with van der Waals surface area (Å²) in [6.07, 6.45) is 4.26. The SMILES string of the molecule is C[C@]12CCC(=O)C=C1CC[C@H]1[C@@H]3CC[C@](O)(C(=O)CO)[C@@]3(C)C[C@@](O)(F)[C@@H]12. The van der Waals surface area contributed by atoms with E-state index in [1.807, 2.05) is 6.92 Å². The second-order valence-electron chi connectivity index (χ2n) is 9.73. The van der Waals surface area contributed by atoms with Crippen molar-refractivity contribution in [1.29, 1.82) is 0 Å². The molecule has 0 aliphatic heterocycles. The van der Waals surface area contributed by atoms with Crippen LogP contribution in [0.1, 0.15) is 58.8 Å². The van der Waals surface area contributed by atoms with Crippen LogP contribution in [0.25, 0.3) is 0 Å². The molecule has 0 aromatic rings. The zero-order chi connectivity index (χ0) is 19.8. The third kappa shape index (κ3) is 2.33. The highest BCUT2D eigenvalue weighted by molar-refractivity contribution is 5.91. The Labute approximate surface area is 158 Å². The Morgan fingerprint density at radius 3 is 2.59 bits per heavy atom. The van der Waals surface area contributed by atoms with Crippen LogP contribution in [-0.2, 0) is 9.59 Å². The van der Waals surface area contributed by atoms with E-state index in [0.717, 1.165) is 5.57 Å². The van der Waals surface area contributed by atoms with E-state index in [1.165, 1.54) is 0 Å². The maximum absolute atomic E-state index is 15.9. The highest BCUT2D eigenvalue weighted by atomic mass is 19.2. The minimum atomic E-state index is -2.54. The van der Waals surface area contributed by atoms with Crippen molar-refractivity contribution in [2.75, 3.05) is 6.61 Å². The van der Waals surface area contributed by atoms with Crippen molar-refractivity contribution >= 4 is 11.6 Å². The lowest BCUT2D eigenvalue weighted by molar-refractivity contribution is -0.268. The van der Waals surface area contributed by atoms with Crippen molar-refractivity contribution in [3.05, 3.63) is 11.6 Å². The normalized spacial score (nSPS) is 51.9. The third-order valence-corrected chi connectivity index (χ3v) is 8.61. The molecule has 0 saturated heterocycles. The Hall–Kier alpha value is -1.11. The van der Waals surface area contributed by atoms with Crippen LogP contribution in [0.5, 0.6) is 0 Å². The zero-order valence-electron chi connectivity index (χ0n) is 16.0. The van der Waals surface area contributed by atoms with E-state index in [-0.39, 0.29) is 30.5 Å². The molecule has 0 bridgehead atoms. The number of aliphatic hydroxyl groups excluding tert-OH is 1. The van der Waals surface area contributed by atoms with Crippen LogP contribution in [0.3, 0.4) is 0 Å². The van der Waals surface area contributed by atoms with E-state index >= 15 is 4.39 Å². The first kappa shape index (κ1) is 19.2. The van der Waals surface area contributed by atoms with Crippen molar-refractivity contribution in [2.45, 2.75) is 70.2 Å². The number of aliphatic hydroxyl groups is 3. The summed E-state index contributed by atoms with van der Waals surface area (Å²) in [5.74, 6) is -4.09. The number of Topliss-reactive ketones (excluding diaryl/α,β-unsaturated/α-hetero) is 1. The van der Waals surface area contributed by atoms with Gasteiger partial charge in [0.2, 0.25) is 5.85 Å². The van der Waals surface area contributed by atoms with Crippen molar-refractivity contribution in [1.82, 2.24) is 0 Å². The average Bonchev–Trinajstić information content (AvgIpc) is 2.85. The van der Waals surface area contributed by atoms with Gasteiger partial charge in [0.05, 0.1) is 0 Å². The van der Waals surface area contributed by atoms with Crippen molar-refractivity contribution in [3.63, 3.8) is 0 Å². The molecule has 5 nitrogen and oxygen atoms in total. The fraction of sp³-hybridized carbons (Fsp3) is 0.810. The number of carbonyl (C=O) groups is 2. The molecule has 0 heterocycles. The summed E-state index contributed by atoms with van der Waals surface area (Å²) in [6, 6.07) is 0. The molecule has 0 unspecified atom stereocenters. The standard InChI is InChI=1S/C21H29FO5/c1-18-7-5-13(24)9-12(18)3-4-14-15-6-8-20(26,16(25)10-23)19(15,2)11-21(22,27)17(14)18/h9,14-15,17,23,26-27H,3-8,10-11H2,1-2H3/t14-,15-,17-,18-,19-,20-,21-/m0/s1. The summed E-state index contributed by atoms with van der Waals surface area (Å²) in [5.41, 5.74) is -2.57. The van der Waals surface area contributed by atoms with E-state index in [1.54, 1.807) is 13.0 Å².